The molecule has 2 aromatic rings. The average molecular weight is 304 g/mol. The number of piperidine rings is 1. The minimum absolute atomic E-state index is 0.0867. The first-order valence-electron chi connectivity index (χ1n) is 6.58. The van der Waals surface area contributed by atoms with E-state index in [-0.39, 0.29) is 35.5 Å². The molecule has 0 bridgehead atoms. The summed E-state index contributed by atoms with van der Waals surface area (Å²) in [6.45, 7) is 0.230. The molecule has 3 rings (SSSR count). The molecule has 1 atom stereocenters. The fraction of sp³-hybridized carbons (Fsp3) is 0.308. The summed E-state index contributed by atoms with van der Waals surface area (Å²) in [5, 5.41) is 13.7. The Hall–Kier alpha value is -2.97. The van der Waals surface area contributed by atoms with Gasteiger partial charge in [0.15, 0.2) is 11.8 Å². The predicted octanol–water partition coefficient (Wildman–Crippen LogP) is -0.122. The number of aromatic nitrogens is 2. The molecule has 0 aliphatic carbocycles. The third kappa shape index (κ3) is 1.82. The molecule has 9 heteroatoms. The molecular formula is C13H12N4O5. The molecule has 114 valence electrons. The van der Waals surface area contributed by atoms with E-state index in [1.807, 2.05) is 0 Å². The second-order valence-corrected chi connectivity index (χ2v) is 5.02. The first kappa shape index (κ1) is 14.0. The zero-order valence-corrected chi connectivity index (χ0v) is 11.6. The van der Waals surface area contributed by atoms with E-state index in [9.17, 15) is 24.5 Å². The molecule has 1 fully saturated rings. The van der Waals surface area contributed by atoms with Gasteiger partial charge in [0.05, 0.1) is 10.4 Å². The third-order valence-corrected chi connectivity index (χ3v) is 3.76. The van der Waals surface area contributed by atoms with Crippen molar-refractivity contribution in [3.8, 4) is 0 Å². The van der Waals surface area contributed by atoms with Crippen LogP contribution in [0, 0.1) is 10.1 Å². The van der Waals surface area contributed by atoms with Gasteiger partial charge in [-0.3, -0.25) is 28.8 Å². The highest BCUT2D eigenvalue weighted by molar-refractivity contribution is 6.06. The summed E-state index contributed by atoms with van der Waals surface area (Å²) in [6.07, 6.45) is 0.119. The van der Waals surface area contributed by atoms with Gasteiger partial charge in [0.1, 0.15) is 5.52 Å². The molecule has 0 saturated carbocycles. The van der Waals surface area contributed by atoms with Gasteiger partial charge >= 0.3 is 5.69 Å². The highest BCUT2D eigenvalue weighted by atomic mass is 16.6. The minimum atomic E-state index is -1.29. The van der Waals surface area contributed by atoms with Crippen LogP contribution in [0.4, 0.5) is 5.69 Å². The molecule has 2 heterocycles. The zero-order chi connectivity index (χ0) is 16.0. The van der Waals surface area contributed by atoms with E-state index in [0.717, 1.165) is 9.13 Å². The lowest BCUT2D eigenvalue weighted by Crippen LogP contribution is -2.46. The van der Waals surface area contributed by atoms with Crippen molar-refractivity contribution >= 4 is 28.4 Å². The number of carbonyl (C=O) groups is 2. The van der Waals surface area contributed by atoms with Gasteiger partial charge in [-0.15, -0.1) is 0 Å². The van der Waals surface area contributed by atoms with Gasteiger partial charge < -0.3 is 5.32 Å². The molecule has 22 heavy (non-hydrogen) atoms. The molecule has 1 N–H and O–H groups in total. The summed E-state index contributed by atoms with van der Waals surface area (Å²) in [5.41, 5.74) is -0.611. The van der Waals surface area contributed by atoms with Crippen molar-refractivity contribution in [1.29, 1.82) is 0 Å². The van der Waals surface area contributed by atoms with E-state index < -0.39 is 22.6 Å². The van der Waals surface area contributed by atoms with Gasteiger partial charge in [-0.2, -0.15) is 0 Å². The number of hydrogen-bond acceptors (Lipinski definition) is 5. The number of rotatable bonds is 2. The number of carbonyl (C=O) groups excluding carboxylic acids is 2. The van der Waals surface area contributed by atoms with E-state index in [0.29, 0.717) is 0 Å². The Morgan fingerprint density at radius 2 is 2.05 bits per heavy atom. The number of nitro groups is 1. The molecule has 1 saturated heterocycles. The molecule has 1 amide bonds. The summed E-state index contributed by atoms with van der Waals surface area (Å²) in [7, 11) is 1.37. The van der Waals surface area contributed by atoms with Crippen LogP contribution in [-0.2, 0) is 16.6 Å². The third-order valence-electron chi connectivity index (χ3n) is 3.76. The Morgan fingerprint density at radius 1 is 1.32 bits per heavy atom. The van der Waals surface area contributed by atoms with Crippen molar-refractivity contribution in [2.24, 2.45) is 7.05 Å². The lowest BCUT2D eigenvalue weighted by Gasteiger charge is -2.21. The number of fused-ring (bicyclic) bond motifs is 1. The highest BCUT2D eigenvalue weighted by Gasteiger charge is 2.35. The molecule has 0 spiro atoms. The maximum Gasteiger partial charge on any atom is 0.330 e. The van der Waals surface area contributed by atoms with E-state index in [1.54, 1.807) is 0 Å². The number of aryl methyl sites for hydroxylation is 1. The molecular weight excluding hydrogens is 292 g/mol. The van der Waals surface area contributed by atoms with Crippen molar-refractivity contribution in [2.45, 2.75) is 12.5 Å². The standard InChI is InChI=1S/C13H12N4O5/c1-15-10-7(3-2-4-8(10)17(21)22)16(13(15)20)11-9(18)5-6-14-12(11)19/h2-4,11H,5-6H2,1H3,(H,14,19). The summed E-state index contributed by atoms with van der Waals surface area (Å²) < 4.78 is 2.11. The summed E-state index contributed by atoms with van der Waals surface area (Å²) in [4.78, 5) is 47.0. The van der Waals surface area contributed by atoms with Crippen LogP contribution in [0.25, 0.3) is 11.0 Å². The topological polar surface area (TPSA) is 116 Å². The smallest absolute Gasteiger partial charge is 0.330 e. The fourth-order valence-corrected chi connectivity index (χ4v) is 2.76. The molecule has 9 nitrogen and oxygen atoms in total. The number of ketones is 1. The average Bonchev–Trinajstić information content (AvgIpc) is 2.72. The van der Waals surface area contributed by atoms with Gasteiger partial charge in [-0.1, -0.05) is 6.07 Å². The Balaban J connectivity index is 2.36. The number of Topliss-reactive ketones (excluding diaryl/α,β-unsaturated/α-hetero) is 1. The predicted molar refractivity (Wildman–Crippen MR) is 75.5 cm³/mol. The second-order valence-electron chi connectivity index (χ2n) is 5.02. The van der Waals surface area contributed by atoms with E-state index in [1.165, 1.54) is 25.2 Å². The maximum absolute atomic E-state index is 12.4. The number of benzene rings is 1. The van der Waals surface area contributed by atoms with Gasteiger partial charge in [-0.05, 0) is 6.07 Å². The number of non-ortho nitro benzene ring substituents is 1. The quantitative estimate of drug-likeness (QED) is 0.471. The first-order valence-corrected chi connectivity index (χ1v) is 6.58. The normalized spacial score (nSPS) is 18.5. The Kier molecular flexibility index (Phi) is 3.05. The van der Waals surface area contributed by atoms with Gasteiger partial charge in [-0.25, -0.2) is 4.79 Å². The molecule has 1 aliphatic heterocycles. The molecule has 0 radical (unpaired) electrons. The summed E-state index contributed by atoms with van der Waals surface area (Å²) in [6, 6.07) is 2.89. The zero-order valence-electron chi connectivity index (χ0n) is 11.6. The second kappa shape index (κ2) is 4.79. The van der Waals surface area contributed by atoms with E-state index in [2.05, 4.69) is 5.32 Å². The largest absolute Gasteiger partial charge is 0.353 e. The van der Waals surface area contributed by atoms with Crippen LogP contribution in [0.15, 0.2) is 23.0 Å². The monoisotopic (exact) mass is 304 g/mol. The number of nitrogens with zero attached hydrogens (tertiary/aromatic N) is 3. The maximum atomic E-state index is 12.4. The Morgan fingerprint density at radius 3 is 2.68 bits per heavy atom. The molecule has 1 aromatic carbocycles. The highest BCUT2D eigenvalue weighted by Crippen LogP contribution is 2.27. The van der Waals surface area contributed by atoms with Crippen molar-refractivity contribution < 1.29 is 14.5 Å². The number of nitro benzene ring substituents is 1. The van der Waals surface area contributed by atoms with Crippen molar-refractivity contribution in [2.75, 3.05) is 6.54 Å². The Bertz CT molecular complexity index is 862. The Labute approximate surface area is 123 Å². The van der Waals surface area contributed by atoms with Gasteiger partial charge in [0.25, 0.3) is 11.6 Å². The first-order chi connectivity index (χ1) is 10.4. The minimum Gasteiger partial charge on any atom is -0.353 e. The SMILES string of the molecule is Cn1c(=O)n(C2C(=O)CCNC2=O)c2cccc([N+](=O)[O-])c21. The van der Waals surface area contributed by atoms with Crippen molar-refractivity contribution in [1.82, 2.24) is 14.5 Å². The van der Waals surface area contributed by atoms with E-state index in [4.69, 9.17) is 0 Å². The van der Waals surface area contributed by atoms with Crippen LogP contribution in [-0.4, -0.2) is 32.3 Å². The summed E-state index contributed by atoms with van der Waals surface area (Å²) in [5.74, 6) is -0.956. The van der Waals surface area contributed by atoms with Crippen LogP contribution in [0.3, 0.4) is 0 Å². The van der Waals surface area contributed by atoms with E-state index >= 15 is 0 Å². The summed E-state index contributed by atoms with van der Waals surface area (Å²) >= 11 is 0. The van der Waals surface area contributed by atoms with Crippen LogP contribution < -0.4 is 11.0 Å². The van der Waals surface area contributed by atoms with Crippen LogP contribution in [0.5, 0.6) is 0 Å². The van der Waals surface area contributed by atoms with Crippen molar-refractivity contribution in [3.05, 3.63) is 38.8 Å². The van der Waals surface area contributed by atoms with Gasteiger partial charge in [0.2, 0.25) is 0 Å². The lowest BCUT2D eigenvalue weighted by atomic mass is 10.0. The molecule has 1 aromatic heterocycles. The number of hydrogen-bond donors (Lipinski definition) is 1. The number of para-hydroxylation sites is 1. The molecule has 1 aliphatic rings. The van der Waals surface area contributed by atoms with Crippen molar-refractivity contribution in [3.63, 3.8) is 0 Å². The van der Waals surface area contributed by atoms with Crippen LogP contribution in [0.1, 0.15) is 12.5 Å². The van der Waals surface area contributed by atoms with Crippen LogP contribution >= 0.6 is 0 Å². The fourth-order valence-electron chi connectivity index (χ4n) is 2.76. The molecule has 1 unspecified atom stereocenters. The van der Waals surface area contributed by atoms with Gasteiger partial charge in [0, 0.05) is 26.1 Å². The lowest BCUT2D eigenvalue weighted by molar-refractivity contribution is -0.383. The number of imidazole rings is 1. The number of amides is 1. The number of nitrogens with one attached hydrogen (secondary N) is 1. The van der Waals surface area contributed by atoms with Crippen LogP contribution in [0.2, 0.25) is 0 Å².